The van der Waals surface area contributed by atoms with Crippen molar-refractivity contribution in [3.8, 4) is 0 Å². The molecule has 28 heavy (non-hydrogen) atoms. The predicted molar refractivity (Wildman–Crippen MR) is 125 cm³/mol. The molecule has 1 fully saturated rings. The summed E-state index contributed by atoms with van der Waals surface area (Å²) in [4.78, 5) is 0. The third-order valence-corrected chi connectivity index (χ3v) is 9.88. The van der Waals surface area contributed by atoms with E-state index < -0.39 is 7.21 Å². The third-order valence-electron chi connectivity index (χ3n) is 4.95. The van der Waals surface area contributed by atoms with Gasteiger partial charge in [0.15, 0.2) is 5.11 Å². The first-order valence-corrected chi connectivity index (χ1v) is 11.8. The Kier molecular flexibility index (Phi) is 6.72. The average Bonchev–Trinajstić information content (AvgIpc) is 2.66. The van der Waals surface area contributed by atoms with Crippen molar-refractivity contribution in [2.24, 2.45) is 4.74 Å². The van der Waals surface area contributed by atoms with Gasteiger partial charge in [0.25, 0.3) is 0 Å². The maximum Gasteiger partial charge on any atom is 0.197 e. The molecular formula is C22H30N3OPS. The molecule has 0 aliphatic carbocycles. The van der Waals surface area contributed by atoms with Gasteiger partial charge in [0.1, 0.15) is 0 Å². The summed E-state index contributed by atoms with van der Waals surface area (Å²) in [6, 6.07) is 18.9. The fraction of sp³-hybridized carbons (Fsp3) is 0.409. The van der Waals surface area contributed by atoms with Crippen molar-refractivity contribution in [2.45, 2.75) is 32.9 Å². The van der Waals surface area contributed by atoms with Crippen LogP contribution in [0.2, 0.25) is 0 Å². The number of ether oxygens (including phenoxy) is 1. The van der Waals surface area contributed by atoms with Crippen LogP contribution in [-0.4, -0.2) is 41.2 Å². The standard InChI is InChI=1S/C22H30N3OPS/c1-18-9-8-10-19(17-18)23-21(28)24-27(22(2,3)4,20-11-6-5-7-12-20)25-13-15-26-16-14-25/h5-12,17H,13-16H2,1-4H3,(H,23,28). The topological polar surface area (TPSA) is 36.9 Å². The molecule has 1 N–H and O–H groups in total. The third kappa shape index (κ3) is 4.55. The van der Waals surface area contributed by atoms with Crippen LogP contribution in [0.5, 0.6) is 0 Å². The van der Waals surface area contributed by atoms with Crippen LogP contribution in [0.1, 0.15) is 26.3 Å². The number of rotatable bonds is 3. The number of hydrogen-bond acceptors (Lipinski definition) is 2. The minimum absolute atomic E-state index is 0.0654. The Hall–Kier alpha value is -1.52. The molecule has 0 amide bonds. The molecule has 4 nitrogen and oxygen atoms in total. The summed E-state index contributed by atoms with van der Waals surface area (Å²) < 4.78 is 13.5. The monoisotopic (exact) mass is 415 g/mol. The van der Waals surface area contributed by atoms with E-state index in [1.165, 1.54) is 10.9 Å². The SMILES string of the molecule is Cc1cccc(NC(=S)N=P(c2ccccc2)(N2CCOCC2)C(C)(C)C)c1. The van der Waals surface area contributed by atoms with Gasteiger partial charge in [0, 0.05) is 29.2 Å². The summed E-state index contributed by atoms with van der Waals surface area (Å²) >= 11 is 5.76. The van der Waals surface area contributed by atoms with Crippen LogP contribution in [-0.2, 0) is 4.74 Å². The van der Waals surface area contributed by atoms with Gasteiger partial charge >= 0.3 is 0 Å². The van der Waals surface area contributed by atoms with Gasteiger partial charge in [0.05, 0.1) is 20.4 Å². The highest BCUT2D eigenvalue weighted by molar-refractivity contribution is 7.82. The van der Waals surface area contributed by atoms with Crippen molar-refractivity contribution < 1.29 is 4.74 Å². The lowest BCUT2D eigenvalue weighted by atomic mass is 10.2. The molecule has 1 heterocycles. The summed E-state index contributed by atoms with van der Waals surface area (Å²) in [5.74, 6) is 0. The molecular weight excluding hydrogens is 385 g/mol. The van der Waals surface area contributed by atoms with Gasteiger partial charge in [-0.3, -0.25) is 4.67 Å². The summed E-state index contributed by atoms with van der Waals surface area (Å²) in [7, 11) is -2.14. The average molecular weight is 416 g/mol. The summed E-state index contributed by atoms with van der Waals surface area (Å²) in [6.07, 6.45) is 0. The maximum atomic E-state index is 5.76. The number of hydrogen-bond donors (Lipinski definition) is 1. The van der Waals surface area contributed by atoms with Crippen molar-refractivity contribution in [3.05, 3.63) is 60.2 Å². The Bertz CT molecular complexity index is 871. The lowest BCUT2D eigenvalue weighted by Gasteiger charge is -2.46. The van der Waals surface area contributed by atoms with E-state index in [0.29, 0.717) is 5.11 Å². The molecule has 3 rings (SSSR count). The van der Waals surface area contributed by atoms with Crippen LogP contribution < -0.4 is 10.6 Å². The van der Waals surface area contributed by atoms with E-state index in [2.05, 4.69) is 80.1 Å². The first kappa shape index (κ1) is 21.2. The zero-order chi connectivity index (χ0) is 20.2. The minimum atomic E-state index is -2.14. The van der Waals surface area contributed by atoms with Gasteiger partial charge in [-0.05, 0) is 36.8 Å². The molecule has 0 spiro atoms. The molecule has 6 heteroatoms. The van der Waals surface area contributed by atoms with Crippen LogP contribution in [0.3, 0.4) is 0 Å². The molecule has 2 aromatic rings. The first-order valence-electron chi connectivity index (χ1n) is 9.72. The molecule has 1 atom stereocenters. The lowest BCUT2D eigenvalue weighted by Crippen LogP contribution is -2.43. The van der Waals surface area contributed by atoms with E-state index in [9.17, 15) is 0 Å². The molecule has 150 valence electrons. The van der Waals surface area contributed by atoms with Crippen molar-refractivity contribution in [2.75, 3.05) is 31.6 Å². The quantitative estimate of drug-likeness (QED) is 0.548. The zero-order valence-electron chi connectivity index (χ0n) is 17.2. The van der Waals surface area contributed by atoms with Gasteiger partial charge in [0.2, 0.25) is 0 Å². The Morgan fingerprint density at radius 2 is 1.75 bits per heavy atom. The van der Waals surface area contributed by atoms with Crippen LogP contribution in [0.25, 0.3) is 0 Å². The van der Waals surface area contributed by atoms with E-state index in [4.69, 9.17) is 21.7 Å². The smallest absolute Gasteiger partial charge is 0.197 e. The Morgan fingerprint density at radius 1 is 1.07 bits per heavy atom. The highest BCUT2D eigenvalue weighted by Gasteiger charge is 2.41. The number of nitrogens with zero attached hydrogens (tertiary/aromatic N) is 2. The number of benzene rings is 2. The minimum Gasteiger partial charge on any atom is -0.379 e. The normalized spacial score (nSPS) is 17.6. The second-order valence-electron chi connectivity index (χ2n) is 8.07. The van der Waals surface area contributed by atoms with Gasteiger partial charge in [-0.1, -0.05) is 63.2 Å². The predicted octanol–water partition coefficient (Wildman–Crippen LogP) is 5.26. The number of thiocarbonyl (C=S) groups is 1. The van der Waals surface area contributed by atoms with E-state index in [1.807, 2.05) is 12.1 Å². The van der Waals surface area contributed by atoms with Crippen molar-refractivity contribution in [1.82, 2.24) is 4.67 Å². The fourth-order valence-corrected chi connectivity index (χ4v) is 8.33. The molecule has 2 aromatic carbocycles. The van der Waals surface area contributed by atoms with Gasteiger partial charge in [-0.15, -0.1) is 0 Å². The van der Waals surface area contributed by atoms with E-state index in [1.54, 1.807) is 0 Å². The zero-order valence-corrected chi connectivity index (χ0v) is 18.9. The molecule has 1 aliphatic rings. The first-order chi connectivity index (χ1) is 13.3. The summed E-state index contributed by atoms with van der Waals surface area (Å²) in [5.41, 5.74) is 2.18. The van der Waals surface area contributed by atoms with Gasteiger partial charge in [-0.25, -0.2) is 4.74 Å². The van der Waals surface area contributed by atoms with Crippen molar-refractivity contribution >= 4 is 35.5 Å². The van der Waals surface area contributed by atoms with E-state index in [-0.39, 0.29) is 5.16 Å². The van der Waals surface area contributed by atoms with E-state index >= 15 is 0 Å². The second-order valence-corrected chi connectivity index (χ2v) is 12.3. The van der Waals surface area contributed by atoms with Crippen molar-refractivity contribution in [1.29, 1.82) is 0 Å². The Morgan fingerprint density at radius 3 is 2.36 bits per heavy atom. The van der Waals surface area contributed by atoms with Gasteiger partial charge < -0.3 is 10.1 Å². The highest BCUT2D eigenvalue weighted by Crippen LogP contribution is 2.62. The Balaban J connectivity index is 2.11. The molecule has 1 saturated heterocycles. The molecule has 0 bridgehead atoms. The van der Waals surface area contributed by atoms with Crippen LogP contribution in [0.4, 0.5) is 5.69 Å². The highest BCUT2D eigenvalue weighted by atomic mass is 32.1. The number of anilines is 1. The molecule has 0 saturated carbocycles. The molecule has 1 aliphatic heterocycles. The van der Waals surface area contributed by atoms with E-state index in [0.717, 1.165) is 32.0 Å². The number of morpholine rings is 1. The van der Waals surface area contributed by atoms with Crippen LogP contribution >= 0.6 is 19.4 Å². The van der Waals surface area contributed by atoms with Gasteiger partial charge in [-0.2, -0.15) is 0 Å². The van der Waals surface area contributed by atoms with Crippen molar-refractivity contribution in [3.63, 3.8) is 0 Å². The summed E-state index contributed by atoms with van der Waals surface area (Å²) in [5, 5.41) is 5.10. The van der Waals surface area contributed by atoms with Crippen LogP contribution in [0.15, 0.2) is 59.3 Å². The molecule has 0 radical (unpaired) electrons. The molecule has 0 aromatic heterocycles. The number of nitrogens with one attached hydrogen (secondary N) is 1. The lowest BCUT2D eigenvalue weighted by molar-refractivity contribution is 0.0738. The fourth-order valence-electron chi connectivity index (χ4n) is 3.73. The maximum absolute atomic E-state index is 5.76. The molecule has 1 unspecified atom stereocenters. The second kappa shape index (κ2) is 8.87. The number of aryl methyl sites for hydroxylation is 1. The van der Waals surface area contributed by atoms with Crippen LogP contribution in [0, 0.1) is 6.92 Å². The summed E-state index contributed by atoms with van der Waals surface area (Å²) in [6.45, 7) is 12.1. The Labute approximate surface area is 174 Å². The largest absolute Gasteiger partial charge is 0.379 e.